The topological polar surface area (TPSA) is 49.6 Å². The second-order valence-electron chi connectivity index (χ2n) is 5.62. The lowest BCUT2D eigenvalue weighted by Gasteiger charge is -2.37. The van der Waals surface area contributed by atoms with Crippen LogP contribution in [0.1, 0.15) is 24.5 Å². The largest absolute Gasteiger partial charge is 0.368 e. The van der Waals surface area contributed by atoms with E-state index >= 15 is 0 Å². The number of carbonyl (C=O) groups is 1. The van der Waals surface area contributed by atoms with Crippen LogP contribution in [-0.4, -0.2) is 43.0 Å². The first kappa shape index (κ1) is 14.9. The Labute approximate surface area is 121 Å². The third-order valence-corrected chi connectivity index (χ3v) is 4.05. The molecule has 1 heterocycles. The third kappa shape index (κ3) is 3.12. The van der Waals surface area contributed by atoms with Gasteiger partial charge in [-0.1, -0.05) is 19.1 Å². The molecule has 4 heteroatoms. The molecule has 1 atom stereocenters. The van der Waals surface area contributed by atoms with Crippen molar-refractivity contribution in [2.45, 2.75) is 33.2 Å². The van der Waals surface area contributed by atoms with Crippen LogP contribution < -0.4 is 10.6 Å². The smallest absolute Gasteiger partial charge is 0.239 e. The van der Waals surface area contributed by atoms with E-state index in [1.807, 2.05) is 11.8 Å². The summed E-state index contributed by atoms with van der Waals surface area (Å²) >= 11 is 0. The summed E-state index contributed by atoms with van der Waals surface area (Å²) in [6.07, 6.45) is 0.704. The van der Waals surface area contributed by atoms with E-state index in [4.69, 9.17) is 5.73 Å². The predicted octanol–water partition coefficient (Wildman–Crippen LogP) is 1.69. The molecular formula is C16H25N3O. The second kappa shape index (κ2) is 6.27. The Hall–Kier alpha value is -1.55. The van der Waals surface area contributed by atoms with Crippen molar-refractivity contribution in [1.29, 1.82) is 0 Å². The van der Waals surface area contributed by atoms with Crippen molar-refractivity contribution >= 4 is 11.6 Å². The number of rotatable bonds is 3. The Morgan fingerprint density at radius 1 is 1.25 bits per heavy atom. The Bertz CT molecular complexity index is 479. The monoisotopic (exact) mass is 275 g/mol. The van der Waals surface area contributed by atoms with E-state index in [0.717, 1.165) is 26.2 Å². The lowest BCUT2D eigenvalue weighted by Crippen LogP contribution is -2.53. The van der Waals surface area contributed by atoms with E-state index in [2.05, 4.69) is 36.9 Å². The molecule has 0 radical (unpaired) electrons. The molecule has 1 amide bonds. The molecule has 110 valence electrons. The summed E-state index contributed by atoms with van der Waals surface area (Å²) < 4.78 is 0. The van der Waals surface area contributed by atoms with Crippen LogP contribution in [0.4, 0.5) is 5.69 Å². The zero-order valence-electron chi connectivity index (χ0n) is 12.7. The van der Waals surface area contributed by atoms with Gasteiger partial charge >= 0.3 is 0 Å². The lowest BCUT2D eigenvalue weighted by atomic mass is 10.1. The van der Waals surface area contributed by atoms with Crippen molar-refractivity contribution in [1.82, 2.24) is 4.90 Å². The van der Waals surface area contributed by atoms with Gasteiger partial charge in [-0.3, -0.25) is 4.79 Å². The van der Waals surface area contributed by atoms with Gasteiger partial charge in [0.1, 0.15) is 0 Å². The van der Waals surface area contributed by atoms with Crippen LogP contribution in [-0.2, 0) is 4.79 Å². The van der Waals surface area contributed by atoms with Crippen molar-refractivity contribution < 1.29 is 4.79 Å². The maximum atomic E-state index is 12.1. The Kier molecular flexibility index (Phi) is 4.65. The molecular weight excluding hydrogens is 250 g/mol. The number of hydrogen-bond donors (Lipinski definition) is 1. The second-order valence-corrected chi connectivity index (χ2v) is 5.62. The van der Waals surface area contributed by atoms with Crippen LogP contribution in [0.2, 0.25) is 0 Å². The maximum Gasteiger partial charge on any atom is 0.239 e. The summed E-state index contributed by atoms with van der Waals surface area (Å²) in [6, 6.07) is 6.18. The zero-order valence-corrected chi connectivity index (χ0v) is 12.7. The van der Waals surface area contributed by atoms with Crippen molar-refractivity contribution in [3.63, 3.8) is 0 Å². The predicted molar refractivity (Wildman–Crippen MR) is 83.0 cm³/mol. The summed E-state index contributed by atoms with van der Waals surface area (Å²) in [5, 5.41) is 0. The Morgan fingerprint density at radius 3 is 2.50 bits per heavy atom. The summed E-state index contributed by atoms with van der Waals surface area (Å²) in [4.78, 5) is 16.3. The molecule has 0 bridgehead atoms. The van der Waals surface area contributed by atoms with Crippen LogP contribution in [0.5, 0.6) is 0 Å². The van der Waals surface area contributed by atoms with Crippen molar-refractivity contribution in [3.05, 3.63) is 29.3 Å². The summed E-state index contributed by atoms with van der Waals surface area (Å²) in [7, 11) is 0. The van der Waals surface area contributed by atoms with Crippen LogP contribution in [0.25, 0.3) is 0 Å². The van der Waals surface area contributed by atoms with Crippen LogP contribution in [0.15, 0.2) is 18.2 Å². The number of aryl methyl sites for hydroxylation is 2. The average molecular weight is 275 g/mol. The molecule has 0 aromatic heterocycles. The SMILES string of the molecule is CC[C@H](N)C(=O)N1CCN(c2cc(C)ccc2C)CC1. The van der Waals surface area contributed by atoms with Crippen LogP contribution in [0, 0.1) is 13.8 Å². The fourth-order valence-electron chi connectivity index (χ4n) is 2.64. The molecule has 1 fully saturated rings. The highest BCUT2D eigenvalue weighted by Crippen LogP contribution is 2.22. The average Bonchev–Trinajstić information content (AvgIpc) is 2.48. The molecule has 1 aliphatic rings. The quantitative estimate of drug-likeness (QED) is 0.913. The lowest BCUT2D eigenvalue weighted by molar-refractivity contribution is -0.132. The fraction of sp³-hybridized carbons (Fsp3) is 0.562. The standard InChI is InChI=1S/C16H25N3O/c1-4-14(17)16(20)19-9-7-18(8-10-19)15-11-12(2)5-6-13(15)3/h5-6,11,14H,4,7-10,17H2,1-3H3/t14-/m0/s1. The molecule has 0 unspecified atom stereocenters. The third-order valence-electron chi connectivity index (χ3n) is 4.05. The number of nitrogens with zero attached hydrogens (tertiary/aromatic N) is 2. The molecule has 1 aromatic carbocycles. The van der Waals surface area contributed by atoms with Crippen molar-refractivity contribution in [2.24, 2.45) is 5.73 Å². The first-order chi connectivity index (χ1) is 9.52. The van der Waals surface area contributed by atoms with Gasteiger partial charge in [0.05, 0.1) is 6.04 Å². The molecule has 0 spiro atoms. The number of benzene rings is 1. The van der Waals surface area contributed by atoms with E-state index in [-0.39, 0.29) is 11.9 Å². The Morgan fingerprint density at radius 2 is 1.90 bits per heavy atom. The van der Waals surface area contributed by atoms with E-state index in [9.17, 15) is 4.79 Å². The number of carbonyl (C=O) groups excluding carboxylic acids is 1. The molecule has 2 N–H and O–H groups in total. The number of nitrogens with two attached hydrogens (primary N) is 1. The van der Waals surface area contributed by atoms with E-state index in [1.54, 1.807) is 0 Å². The van der Waals surface area contributed by atoms with E-state index < -0.39 is 0 Å². The highest BCUT2D eigenvalue weighted by Gasteiger charge is 2.24. The summed E-state index contributed by atoms with van der Waals surface area (Å²) in [6.45, 7) is 9.50. The van der Waals surface area contributed by atoms with Crippen molar-refractivity contribution in [3.8, 4) is 0 Å². The van der Waals surface area contributed by atoms with Gasteiger partial charge in [0.25, 0.3) is 0 Å². The van der Waals surface area contributed by atoms with Gasteiger partial charge in [-0.15, -0.1) is 0 Å². The molecule has 2 rings (SSSR count). The maximum absolute atomic E-state index is 12.1. The van der Waals surface area contributed by atoms with Crippen LogP contribution in [0.3, 0.4) is 0 Å². The molecule has 0 saturated carbocycles. The number of piperazine rings is 1. The molecule has 1 saturated heterocycles. The first-order valence-corrected chi connectivity index (χ1v) is 7.39. The van der Waals surface area contributed by atoms with Crippen molar-refractivity contribution in [2.75, 3.05) is 31.1 Å². The molecule has 20 heavy (non-hydrogen) atoms. The van der Waals surface area contributed by atoms with Gasteiger partial charge in [-0.2, -0.15) is 0 Å². The van der Waals surface area contributed by atoms with Gasteiger partial charge < -0.3 is 15.5 Å². The number of anilines is 1. The van der Waals surface area contributed by atoms with Gasteiger partial charge in [0.2, 0.25) is 5.91 Å². The minimum atomic E-state index is -0.345. The summed E-state index contributed by atoms with van der Waals surface area (Å²) in [5.41, 5.74) is 9.69. The van der Waals surface area contributed by atoms with E-state index in [0.29, 0.717) is 6.42 Å². The van der Waals surface area contributed by atoms with Crippen LogP contribution >= 0.6 is 0 Å². The van der Waals surface area contributed by atoms with Gasteiger partial charge in [-0.25, -0.2) is 0 Å². The zero-order chi connectivity index (χ0) is 14.7. The Balaban J connectivity index is 2.01. The molecule has 0 aliphatic carbocycles. The first-order valence-electron chi connectivity index (χ1n) is 7.39. The van der Waals surface area contributed by atoms with Gasteiger partial charge in [0, 0.05) is 31.9 Å². The fourth-order valence-corrected chi connectivity index (χ4v) is 2.64. The highest BCUT2D eigenvalue weighted by atomic mass is 16.2. The van der Waals surface area contributed by atoms with E-state index in [1.165, 1.54) is 16.8 Å². The molecule has 4 nitrogen and oxygen atoms in total. The number of amides is 1. The molecule has 1 aliphatic heterocycles. The van der Waals surface area contributed by atoms with Gasteiger partial charge in [0.15, 0.2) is 0 Å². The van der Waals surface area contributed by atoms with Gasteiger partial charge in [-0.05, 0) is 37.5 Å². The summed E-state index contributed by atoms with van der Waals surface area (Å²) in [5.74, 6) is 0.0908. The number of hydrogen-bond acceptors (Lipinski definition) is 3. The highest BCUT2D eigenvalue weighted by molar-refractivity contribution is 5.81. The minimum Gasteiger partial charge on any atom is -0.368 e. The normalized spacial score (nSPS) is 17.2. The molecule has 1 aromatic rings. The minimum absolute atomic E-state index is 0.0908.